The number of rotatable bonds is 5. The Morgan fingerprint density at radius 3 is 2.42 bits per heavy atom. The van der Waals surface area contributed by atoms with Crippen LogP contribution in [0.15, 0.2) is 42.0 Å². The van der Waals surface area contributed by atoms with Crippen LogP contribution in [0.2, 0.25) is 0 Å². The summed E-state index contributed by atoms with van der Waals surface area (Å²) in [5, 5.41) is 44.6. The maximum atomic E-state index is 13.7. The van der Waals surface area contributed by atoms with Crippen LogP contribution < -0.4 is 10.6 Å². The molecular weight excluding hydrogens is 488 g/mol. The summed E-state index contributed by atoms with van der Waals surface area (Å²) in [6, 6.07) is 11.7. The first-order valence-electron chi connectivity index (χ1n) is 12.8. The second kappa shape index (κ2) is 9.25. The second-order valence-corrected chi connectivity index (χ2v) is 10.9. The molecule has 3 aliphatic carbocycles. The first-order valence-corrected chi connectivity index (χ1v) is 12.8. The summed E-state index contributed by atoms with van der Waals surface area (Å²) < 4.78 is 0. The van der Waals surface area contributed by atoms with E-state index in [-0.39, 0.29) is 36.1 Å². The van der Waals surface area contributed by atoms with Crippen molar-refractivity contribution in [2.24, 2.45) is 23.5 Å². The zero-order chi connectivity index (χ0) is 27.5. The van der Waals surface area contributed by atoms with Gasteiger partial charge < -0.3 is 31.1 Å². The summed E-state index contributed by atoms with van der Waals surface area (Å²) in [4.78, 5) is 40.7. The highest BCUT2D eigenvalue weighted by molar-refractivity contribution is 6.24. The average Bonchev–Trinajstić information content (AvgIpc) is 2.86. The topological polar surface area (TPSA) is 161 Å². The lowest BCUT2D eigenvalue weighted by Crippen LogP contribution is -2.66. The van der Waals surface area contributed by atoms with Gasteiger partial charge in [0.05, 0.1) is 11.7 Å². The van der Waals surface area contributed by atoms with Gasteiger partial charge in [0, 0.05) is 31.3 Å². The number of anilines is 1. The van der Waals surface area contributed by atoms with Gasteiger partial charge in [-0.25, -0.2) is 0 Å². The van der Waals surface area contributed by atoms with Gasteiger partial charge in [-0.1, -0.05) is 30.3 Å². The predicted molar refractivity (Wildman–Crippen MR) is 139 cm³/mol. The van der Waals surface area contributed by atoms with Crippen LogP contribution in [-0.2, 0) is 33.6 Å². The quantitative estimate of drug-likeness (QED) is 0.370. The first-order chi connectivity index (χ1) is 18.0. The number of ketones is 2. The zero-order valence-electron chi connectivity index (χ0n) is 21.3. The largest absolute Gasteiger partial charge is 0.507 e. The van der Waals surface area contributed by atoms with E-state index in [0.717, 1.165) is 11.3 Å². The predicted octanol–water partition coefficient (Wildman–Crippen LogP) is 1.44. The zero-order valence-corrected chi connectivity index (χ0v) is 21.3. The molecule has 0 heterocycles. The third-order valence-electron chi connectivity index (χ3n) is 8.45. The van der Waals surface area contributed by atoms with Gasteiger partial charge in [0.15, 0.2) is 11.4 Å². The molecule has 5 atom stereocenters. The Morgan fingerprint density at radius 1 is 1.11 bits per heavy atom. The van der Waals surface area contributed by atoms with Crippen LogP contribution in [0.3, 0.4) is 0 Å². The molecule has 200 valence electrons. The van der Waals surface area contributed by atoms with Crippen molar-refractivity contribution in [3.63, 3.8) is 0 Å². The molecule has 0 saturated heterocycles. The fourth-order valence-electron chi connectivity index (χ4n) is 6.54. The van der Waals surface area contributed by atoms with E-state index >= 15 is 0 Å². The van der Waals surface area contributed by atoms with Crippen molar-refractivity contribution in [1.29, 1.82) is 0 Å². The molecule has 2 fully saturated rings. The highest BCUT2D eigenvalue weighted by Gasteiger charge is 2.64. The van der Waals surface area contributed by atoms with Crippen LogP contribution >= 0.6 is 0 Å². The van der Waals surface area contributed by atoms with E-state index in [4.69, 9.17) is 5.73 Å². The summed E-state index contributed by atoms with van der Waals surface area (Å²) in [5.41, 5.74) is 5.83. The summed E-state index contributed by atoms with van der Waals surface area (Å²) in [6.45, 7) is 0. The first kappa shape index (κ1) is 25.9. The number of benzene rings is 2. The molecule has 2 saturated carbocycles. The Morgan fingerprint density at radius 2 is 1.79 bits per heavy atom. The van der Waals surface area contributed by atoms with Crippen LogP contribution in [0, 0.1) is 17.8 Å². The standard InChI is InChI=1S/C29H32N2O7/c1-31(2)19-12-15(9-8-14-6-4-3-5-7-14)24(33)22-18(19)11-16-10-17-13-20(32)23(28(30)37)27(36)29(17,38)26(35)21(16)25(22)34/h3-7,12,16-17,20,23,32-34,38H,8-11,13H2,1-2H3,(H2,30,37)/t16-,17+,20?,23?,29+/m1/s1. The Bertz CT molecular complexity index is 1370. The minimum atomic E-state index is -2.58. The number of carbonyl (C=O) groups excluding carboxylic acids is 3. The number of carbonyl (C=O) groups is 3. The van der Waals surface area contributed by atoms with Gasteiger partial charge in [-0.2, -0.15) is 0 Å². The molecule has 0 spiro atoms. The van der Waals surface area contributed by atoms with E-state index in [0.29, 0.717) is 24.0 Å². The number of primary amides is 1. The van der Waals surface area contributed by atoms with Crippen molar-refractivity contribution in [3.05, 3.63) is 64.2 Å². The van der Waals surface area contributed by atoms with Crippen molar-refractivity contribution in [2.75, 3.05) is 19.0 Å². The molecule has 0 radical (unpaired) electrons. The fourth-order valence-corrected chi connectivity index (χ4v) is 6.54. The average molecular weight is 521 g/mol. The van der Waals surface area contributed by atoms with E-state index in [1.54, 1.807) is 0 Å². The molecule has 2 aromatic carbocycles. The minimum Gasteiger partial charge on any atom is -0.507 e. The second-order valence-electron chi connectivity index (χ2n) is 10.9. The minimum absolute atomic E-state index is 0.121. The highest BCUT2D eigenvalue weighted by atomic mass is 16.3. The number of fused-ring (bicyclic) bond motifs is 3. The third kappa shape index (κ3) is 3.80. The van der Waals surface area contributed by atoms with E-state index in [1.165, 1.54) is 0 Å². The molecule has 0 aromatic heterocycles. The normalized spacial score (nSPS) is 28.4. The van der Waals surface area contributed by atoms with Crippen LogP contribution in [0.1, 0.15) is 35.1 Å². The van der Waals surface area contributed by atoms with Crippen LogP contribution in [-0.4, -0.2) is 63.7 Å². The maximum Gasteiger partial charge on any atom is 0.230 e. The number of aryl methyl sites for hydroxylation is 2. The lowest BCUT2D eigenvalue weighted by Gasteiger charge is -2.48. The molecule has 38 heavy (non-hydrogen) atoms. The molecule has 0 aliphatic heterocycles. The van der Waals surface area contributed by atoms with Gasteiger partial charge in [-0.15, -0.1) is 0 Å². The van der Waals surface area contributed by atoms with E-state index < -0.39 is 52.7 Å². The Hall–Kier alpha value is -3.69. The molecule has 0 bridgehead atoms. The Balaban J connectivity index is 1.61. The fraction of sp³-hybridized carbons (Fsp3) is 0.414. The number of aromatic hydroxyl groups is 1. The number of Topliss-reactive ketones (excluding diaryl/α,β-unsaturated/α-hetero) is 2. The number of phenolic OH excluding ortho intramolecular Hbond substituents is 1. The number of phenols is 1. The Kier molecular flexibility index (Phi) is 6.31. The van der Waals surface area contributed by atoms with Crippen molar-refractivity contribution in [2.45, 2.75) is 43.8 Å². The van der Waals surface area contributed by atoms with E-state index in [1.807, 2.05) is 55.4 Å². The summed E-state index contributed by atoms with van der Waals surface area (Å²) >= 11 is 0. The van der Waals surface area contributed by atoms with Gasteiger partial charge in [-0.05, 0) is 60.8 Å². The number of aliphatic hydroxyl groups is 3. The summed E-state index contributed by atoms with van der Waals surface area (Å²) in [7, 11) is 3.71. The van der Waals surface area contributed by atoms with Gasteiger partial charge in [0.1, 0.15) is 17.4 Å². The van der Waals surface area contributed by atoms with E-state index in [9.17, 15) is 34.8 Å². The molecule has 1 amide bonds. The molecule has 2 unspecified atom stereocenters. The lowest BCUT2D eigenvalue weighted by atomic mass is 9.56. The molecular formula is C29H32N2O7. The maximum absolute atomic E-state index is 13.7. The molecule has 9 heteroatoms. The van der Waals surface area contributed by atoms with Gasteiger partial charge >= 0.3 is 0 Å². The van der Waals surface area contributed by atoms with E-state index in [2.05, 4.69) is 0 Å². The monoisotopic (exact) mass is 520 g/mol. The molecule has 5 rings (SSSR count). The molecule has 9 nitrogen and oxygen atoms in total. The lowest BCUT2D eigenvalue weighted by molar-refractivity contribution is -0.174. The third-order valence-corrected chi connectivity index (χ3v) is 8.45. The number of nitrogens with zero attached hydrogens (tertiary/aromatic N) is 1. The molecule has 3 aliphatic rings. The number of nitrogens with two attached hydrogens (primary N) is 1. The number of amides is 1. The Labute approximate surface area is 220 Å². The smallest absolute Gasteiger partial charge is 0.230 e. The van der Waals surface area contributed by atoms with Crippen molar-refractivity contribution in [3.8, 4) is 5.75 Å². The van der Waals surface area contributed by atoms with Crippen molar-refractivity contribution in [1.82, 2.24) is 0 Å². The van der Waals surface area contributed by atoms with Crippen LogP contribution in [0.25, 0.3) is 5.76 Å². The number of hydrogen-bond acceptors (Lipinski definition) is 8. The molecule has 2 aromatic rings. The van der Waals surface area contributed by atoms with Gasteiger partial charge in [-0.3, -0.25) is 14.4 Å². The molecule has 6 N–H and O–H groups in total. The number of hydrogen-bond donors (Lipinski definition) is 5. The van der Waals surface area contributed by atoms with Crippen LogP contribution in [0.4, 0.5) is 5.69 Å². The highest BCUT2D eigenvalue weighted by Crippen LogP contribution is 2.53. The van der Waals surface area contributed by atoms with Crippen LogP contribution in [0.5, 0.6) is 5.75 Å². The summed E-state index contributed by atoms with van der Waals surface area (Å²) in [6.07, 6.45) is -0.00156. The summed E-state index contributed by atoms with van der Waals surface area (Å²) in [5.74, 6) is -7.06. The van der Waals surface area contributed by atoms with Gasteiger partial charge in [0.2, 0.25) is 11.7 Å². The SMILES string of the molecule is CN(C)c1cc(CCc2ccccc2)c(O)c2c1C[C@H]1C[C@H]3CC(O)C(C(N)=O)C(=O)[C@@]3(O)C(=O)C1=C2O. The van der Waals surface area contributed by atoms with Crippen molar-refractivity contribution >= 4 is 28.9 Å². The van der Waals surface area contributed by atoms with Gasteiger partial charge in [0.25, 0.3) is 0 Å². The van der Waals surface area contributed by atoms with Crippen molar-refractivity contribution < 1.29 is 34.8 Å². The number of aliphatic hydroxyl groups excluding tert-OH is 2.